The van der Waals surface area contributed by atoms with Crippen LogP contribution in [0.3, 0.4) is 0 Å². The van der Waals surface area contributed by atoms with Crippen LogP contribution >= 0.6 is 22.6 Å². The summed E-state index contributed by atoms with van der Waals surface area (Å²) in [5.74, 6) is 0.490. The van der Waals surface area contributed by atoms with Crippen LogP contribution in [0, 0.1) is 14.9 Å². The smallest absolute Gasteiger partial charge is 0.203 e. The number of ketones is 1. The van der Waals surface area contributed by atoms with Gasteiger partial charge >= 0.3 is 0 Å². The van der Waals surface area contributed by atoms with E-state index in [0.717, 1.165) is 14.9 Å². The molecule has 0 bridgehead atoms. The van der Waals surface area contributed by atoms with E-state index in [1.54, 1.807) is 37.5 Å². The van der Waals surface area contributed by atoms with Gasteiger partial charge in [0.2, 0.25) is 5.78 Å². The third-order valence-corrected chi connectivity index (χ3v) is 3.73. The van der Waals surface area contributed by atoms with Crippen LogP contribution < -0.4 is 4.74 Å². The second-order valence-electron chi connectivity index (χ2n) is 4.26. The van der Waals surface area contributed by atoms with Crippen molar-refractivity contribution in [1.29, 1.82) is 5.26 Å². The first-order valence-corrected chi connectivity index (χ1v) is 7.28. The molecule has 2 aromatic carbocycles. The molecule has 0 saturated carbocycles. The molecule has 0 N–H and O–H groups in total. The molecule has 0 fully saturated rings. The second kappa shape index (κ2) is 7.04. The van der Waals surface area contributed by atoms with Crippen molar-refractivity contribution in [3.63, 3.8) is 0 Å². The lowest BCUT2D eigenvalue weighted by molar-refractivity contribution is 0.104. The molecule has 0 aliphatic carbocycles. The first-order valence-electron chi connectivity index (χ1n) is 6.21. The highest BCUT2D eigenvalue weighted by Crippen LogP contribution is 2.23. The molecule has 21 heavy (non-hydrogen) atoms. The van der Waals surface area contributed by atoms with E-state index in [2.05, 4.69) is 22.6 Å². The Labute approximate surface area is 137 Å². The van der Waals surface area contributed by atoms with E-state index in [0.29, 0.717) is 5.56 Å². The van der Waals surface area contributed by atoms with Gasteiger partial charge in [-0.25, -0.2) is 0 Å². The van der Waals surface area contributed by atoms with E-state index < -0.39 is 0 Å². The maximum absolute atomic E-state index is 12.3. The minimum atomic E-state index is -0.274. The van der Waals surface area contributed by atoms with E-state index in [4.69, 9.17) is 4.74 Å². The van der Waals surface area contributed by atoms with Gasteiger partial charge in [-0.2, -0.15) is 5.26 Å². The third kappa shape index (κ3) is 3.70. The first kappa shape index (κ1) is 15.3. The number of Topliss-reactive ketones (excluding diaryl/α,β-unsaturated/α-hetero) is 1. The first-order chi connectivity index (χ1) is 10.2. The van der Waals surface area contributed by atoms with Gasteiger partial charge in [-0.05, 0) is 46.4 Å². The minimum absolute atomic E-state index is 0.113. The molecular weight excluding hydrogens is 377 g/mol. The second-order valence-corrected chi connectivity index (χ2v) is 5.42. The topological polar surface area (TPSA) is 50.1 Å². The van der Waals surface area contributed by atoms with Crippen molar-refractivity contribution in [3.05, 3.63) is 68.8 Å². The van der Waals surface area contributed by atoms with E-state index in [1.807, 2.05) is 30.3 Å². The lowest BCUT2D eigenvalue weighted by atomic mass is 10.0. The summed E-state index contributed by atoms with van der Waals surface area (Å²) < 4.78 is 6.11. The molecule has 2 aromatic rings. The maximum atomic E-state index is 12.3. The fraction of sp³-hybridized carbons (Fsp3) is 0.0588. The summed E-state index contributed by atoms with van der Waals surface area (Å²) in [4.78, 5) is 12.3. The van der Waals surface area contributed by atoms with Crippen LogP contribution in [0.4, 0.5) is 0 Å². The number of carbonyl (C=O) groups excluding carboxylic acids is 1. The van der Waals surface area contributed by atoms with Crippen molar-refractivity contribution in [2.45, 2.75) is 0 Å². The fourth-order valence-corrected chi connectivity index (χ4v) is 2.59. The summed E-state index contributed by atoms with van der Waals surface area (Å²) in [7, 11) is 1.60. The molecule has 0 aromatic heterocycles. The van der Waals surface area contributed by atoms with Crippen LogP contribution in [0.2, 0.25) is 0 Å². The highest BCUT2D eigenvalue weighted by molar-refractivity contribution is 14.1. The summed E-state index contributed by atoms with van der Waals surface area (Å²) in [6.07, 6.45) is 1.59. The van der Waals surface area contributed by atoms with Crippen LogP contribution in [0.15, 0.2) is 54.1 Å². The van der Waals surface area contributed by atoms with Gasteiger partial charge in [-0.1, -0.05) is 36.4 Å². The average molecular weight is 389 g/mol. The lowest BCUT2D eigenvalue weighted by Crippen LogP contribution is -2.01. The molecule has 0 atom stereocenters. The Balaban J connectivity index is 2.36. The molecule has 0 unspecified atom stereocenters. The number of hydrogen-bond acceptors (Lipinski definition) is 3. The number of rotatable bonds is 4. The monoisotopic (exact) mass is 389 g/mol. The van der Waals surface area contributed by atoms with Crippen molar-refractivity contribution in [2.75, 3.05) is 7.11 Å². The van der Waals surface area contributed by atoms with Gasteiger partial charge in [-0.3, -0.25) is 4.79 Å². The zero-order valence-corrected chi connectivity index (χ0v) is 13.5. The number of nitriles is 1. The van der Waals surface area contributed by atoms with Crippen LogP contribution in [0.25, 0.3) is 6.08 Å². The molecule has 104 valence electrons. The minimum Gasteiger partial charge on any atom is -0.496 e. The van der Waals surface area contributed by atoms with Crippen molar-refractivity contribution < 1.29 is 9.53 Å². The normalized spacial score (nSPS) is 10.8. The van der Waals surface area contributed by atoms with Crippen molar-refractivity contribution in [1.82, 2.24) is 0 Å². The van der Waals surface area contributed by atoms with Gasteiger partial charge in [0.15, 0.2) is 0 Å². The van der Waals surface area contributed by atoms with Gasteiger partial charge in [0.25, 0.3) is 0 Å². The zero-order chi connectivity index (χ0) is 15.2. The molecule has 0 saturated heterocycles. The summed E-state index contributed by atoms with van der Waals surface area (Å²) in [6.45, 7) is 0. The molecule has 3 nitrogen and oxygen atoms in total. The van der Waals surface area contributed by atoms with Gasteiger partial charge in [0.05, 0.1) is 10.7 Å². The molecule has 0 radical (unpaired) electrons. The van der Waals surface area contributed by atoms with Crippen LogP contribution in [0.5, 0.6) is 5.75 Å². The molecule has 2 rings (SSSR count). The number of hydrogen-bond donors (Lipinski definition) is 0. The number of allylic oxidation sites excluding steroid dienone is 1. The predicted molar refractivity (Wildman–Crippen MR) is 90.1 cm³/mol. The van der Waals surface area contributed by atoms with Gasteiger partial charge in [0, 0.05) is 5.56 Å². The molecular formula is C17H12INO2. The largest absolute Gasteiger partial charge is 0.496 e. The Hall–Kier alpha value is -2.13. The molecule has 4 heteroatoms. The summed E-state index contributed by atoms with van der Waals surface area (Å²) in [5, 5.41) is 9.22. The highest BCUT2D eigenvalue weighted by Gasteiger charge is 2.11. The van der Waals surface area contributed by atoms with Crippen LogP contribution in [-0.2, 0) is 0 Å². The molecule has 0 spiro atoms. The predicted octanol–water partition coefficient (Wildman–Crippen LogP) is 4.09. The summed E-state index contributed by atoms with van der Waals surface area (Å²) in [6, 6.07) is 16.3. The van der Waals surface area contributed by atoms with E-state index >= 15 is 0 Å². The molecule has 0 aliphatic rings. The Morgan fingerprint density at radius 2 is 1.95 bits per heavy atom. The number of carbonyl (C=O) groups is 1. The Kier molecular flexibility index (Phi) is 5.12. The lowest BCUT2D eigenvalue weighted by Gasteiger charge is -2.04. The molecule has 0 heterocycles. The van der Waals surface area contributed by atoms with Crippen molar-refractivity contribution in [2.24, 2.45) is 0 Å². The fourth-order valence-electron chi connectivity index (χ4n) is 1.83. The zero-order valence-electron chi connectivity index (χ0n) is 11.3. The van der Waals surface area contributed by atoms with E-state index in [-0.39, 0.29) is 11.4 Å². The van der Waals surface area contributed by atoms with E-state index in [1.165, 1.54) is 0 Å². The standard InChI is InChI=1S/C17H12INO2/c1-21-16-8-7-12(10-15(16)18)9-14(11-19)17(20)13-5-3-2-4-6-13/h2-10H,1H3. The number of halogens is 1. The van der Waals surface area contributed by atoms with Crippen LogP contribution in [-0.4, -0.2) is 12.9 Å². The Bertz CT molecular complexity index is 730. The van der Waals surface area contributed by atoms with Crippen LogP contribution in [0.1, 0.15) is 15.9 Å². The van der Waals surface area contributed by atoms with Gasteiger partial charge in [0.1, 0.15) is 17.4 Å². The van der Waals surface area contributed by atoms with E-state index in [9.17, 15) is 10.1 Å². The Morgan fingerprint density at radius 1 is 1.24 bits per heavy atom. The Morgan fingerprint density at radius 3 is 2.52 bits per heavy atom. The summed E-state index contributed by atoms with van der Waals surface area (Å²) in [5.41, 5.74) is 1.41. The number of benzene rings is 2. The number of nitrogens with zero attached hydrogens (tertiary/aromatic N) is 1. The number of ether oxygens (including phenoxy) is 1. The van der Waals surface area contributed by atoms with Gasteiger partial charge in [-0.15, -0.1) is 0 Å². The van der Waals surface area contributed by atoms with Gasteiger partial charge < -0.3 is 4.74 Å². The third-order valence-electron chi connectivity index (χ3n) is 2.89. The molecule has 0 aliphatic heterocycles. The number of methoxy groups -OCH3 is 1. The highest BCUT2D eigenvalue weighted by atomic mass is 127. The average Bonchev–Trinajstić information content (AvgIpc) is 2.53. The quantitative estimate of drug-likeness (QED) is 0.343. The summed E-state index contributed by atoms with van der Waals surface area (Å²) >= 11 is 2.15. The maximum Gasteiger partial charge on any atom is 0.203 e. The van der Waals surface area contributed by atoms with Crippen molar-refractivity contribution >= 4 is 34.5 Å². The SMILES string of the molecule is COc1ccc(C=C(C#N)C(=O)c2ccccc2)cc1I. The van der Waals surface area contributed by atoms with Crippen molar-refractivity contribution in [3.8, 4) is 11.8 Å². The molecule has 0 amide bonds.